The Bertz CT molecular complexity index is 1320. The molecule has 3 aromatic rings. The lowest BCUT2D eigenvalue weighted by atomic mass is 9.69. The van der Waals surface area contributed by atoms with E-state index in [1.54, 1.807) is 42.6 Å². The topological polar surface area (TPSA) is 76.4 Å². The lowest BCUT2D eigenvalue weighted by molar-refractivity contribution is -0.126. The van der Waals surface area contributed by atoms with Gasteiger partial charge in [0.25, 0.3) is 10.0 Å². The molecule has 0 saturated carbocycles. The first-order chi connectivity index (χ1) is 14.5. The summed E-state index contributed by atoms with van der Waals surface area (Å²) in [5.74, 6) is -0.800. The van der Waals surface area contributed by atoms with Crippen molar-refractivity contribution < 1.29 is 18.3 Å². The number of fused-ring (bicyclic) bond motifs is 3. The number of Topliss-reactive ketones (excluding diaryl/α,β-unsaturated/α-hetero) is 1. The molecule has 1 unspecified atom stereocenters. The number of benzene rings is 2. The van der Waals surface area contributed by atoms with Gasteiger partial charge in [-0.1, -0.05) is 35.9 Å². The van der Waals surface area contributed by atoms with Gasteiger partial charge in [-0.2, -0.15) is 0 Å². The zero-order valence-electron chi connectivity index (χ0n) is 18.2. The highest BCUT2D eigenvalue weighted by molar-refractivity contribution is 7.90. The predicted molar refractivity (Wildman–Crippen MR) is 122 cm³/mol. The summed E-state index contributed by atoms with van der Waals surface area (Å²) in [6.45, 7) is 11.2. The zero-order valence-corrected chi connectivity index (χ0v) is 19.0. The highest BCUT2D eigenvalue weighted by Crippen LogP contribution is 2.45. The van der Waals surface area contributed by atoms with E-state index in [9.17, 15) is 18.3 Å². The van der Waals surface area contributed by atoms with Gasteiger partial charge in [0.05, 0.1) is 22.4 Å². The van der Waals surface area contributed by atoms with Crippen molar-refractivity contribution in [1.82, 2.24) is 3.97 Å². The monoisotopic (exact) mass is 437 g/mol. The summed E-state index contributed by atoms with van der Waals surface area (Å²) < 4.78 is 28.1. The number of carbonyl (C=O) groups excluding carboxylic acids is 1. The van der Waals surface area contributed by atoms with Crippen LogP contribution in [0, 0.1) is 25.7 Å². The third kappa shape index (κ3) is 3.34. The van der Waals surface area contributed by atoms with Crippen LogP contribution in [0.2, 0.25) is 0 Å². The largest absolute Gasteiger partial charge is 0.388 e. The number of carbonyl (C=O) groups is 1. The van der Waals surface area contributed by atoms with Crippen molar-refractivity contribution in [2.75, 3.05) is 0 Å². The van der Waals surface area contributed by atoms with E-state index in [0.717, 1.165) is 27.6 Å². The highest BCUT2D eigenvalue weighted by atomic mass is 32.2. The fourth-order valence-corrected chi connectivity index (χ4v) is 6.27. The van der Waals surface area contributed by atoms with Gasteiger partial charge in [-0.15, -0.1) is 0 Å². The Kier molecular flexibility index (Phi) is 5.18. The third-order valence-corrected chi connectivity index (χ3v) is 8.15. The Balaban J connectivity index is 1.94. The molecule has 6 heteroatoms. The molecule has 0 fully saturated rings. The second-order valence-corrected chi connectivity index (χ2v) is 10.5. The van der Waals surface area contributed by atoms with Crippen molar-refractivity contribution >= 4 is 26.7 Å². The van der Waals surface area contributed by atoms with Gasteiger partial charge < -0.3 is 5.11 Å². The molecule has 5 nitrogen and oxygen atoms in total. The second-order valence-electron chi connectivity index (χ2n) is 8.69. The summed E-state index contributed by atoms with van der Waals surface area (Å²) in [6.07, 6.45) is 1.24. The average molecular weight is 438 g/mol. The van der Waals surface area contributed by atoms with Crippen LogP contribution in [0.1, 0.15) is 42.2 Å². The number of aryl methyl sites for hydroxylation is 2. The van der Waals surface area contributed by atoms with Gasteiger partial charge >= 0.3 is 0 Å². The predicted octanol–water partition coefficient (Wildman–Crippen LogP) is 4.48. The molecule has 4 rings (SSSR count). The Morgan fingerprint density at radius 1 is 1.10 bits per heavy atom. The Morgan fingerprint density at radius 2 is 1.74 bits per heavy atom. The number of rotatable bonds is 4. The molecule has 0 bridgehead atoms. The summed E-state index contributed by atoms with van der Waals surface area (Å²) >= 11 is 0. The van der Waals surface area contributed by atoms with Gasteiger partial charge in [0.1, 0.15) is 5.78 Å². The second kappa shape index (κ2) is 7.46. The molecule has 0 spiro atoms. The Hall–Kier alpha value is -2.70. The Labute approximate surface area is 183 Å². The van der Waals surface area contributed by atoms with E-state index in [1.165, 1.54) is 10.9 Å². The lowest BCUT2D eigenvalue weighted by Gasteiger charge is -2.36. The number of hydrogen-bond acceptors (Lipinski definition) is 4. The molecule has 31 heavy (non-hydrogen) atoms. The lowest BCUT2D eigenvalue weighted by Crippen LogP contribution is -2.35. The highest BCUT2D eigenvalue weighted by Gasteiger charge is 2.40. The van der Waals surface area contributed by atoms with Gasteiger partial charge in [-0.3, -0.25) is 4.79 Å². The van der Waals surface area contributed by atoms with E-state index in [1.807, 2.05) is 20.8 Å². The molecule has 1 aliphatic carbocycles. The molecule has 2 aromatic carbocycles. The quantitative estimate of drug-likeness (QED) is 0.611. The van der Waals surface area contributed by atoms with Crippen LogP contribution >= 0.6 is 0 Å². The minimum atomic E-state index is -3.77. The fourth-order valence-electron chi connectivity index (χ4n) is 4.85. The minimum absolute atomic E-state index is 0.0671. The SMILES string of the molecule is C=C(C)[C@@H]1Cc2c(ccc3c2c(C)cn3S(=O)(=O)c2ccc(C)cc2)C(O)[C@H]1C(C)=O. The summed E-state index contributed by atoms with van der Waals surface area (Å²) in [7, 11) is -3.77. The van der Waals surface area contributed by atoms with E-state index < -0.39 is 22.0 Å². The van der Waals surface area contributed by atoms with Crippen molar-refractivity contribution in [2.45, 2.75) is 45.1 Å². The maximum Gasteiger partial charge on any atom is 0.268 e. The van der Waals surface area contributed by atoms with Gasteiger partial charge in [0, 0.05) is 11.6 Å². The molecule has 162 valence electrons. The van der Waals surface area contributed by atoms with Crippen molar-refractivity contribution in [3.8, 4) is 0 Å². The van der Waals surface area contributed by atoms with Crippen LogP contribution in [-0.2, 0) is 21.2 Å². The van der Waals surface area contributed by atoms with Crippen LogP contribution in [0.25, 0.3) is 10.9 Å². The molecule has 1 aliphatic rings. The molecule has 1 heterocycles. The van der Waals surface area contributed by atoms with E-state index in [0.29, 0.717) is 17.5 Å². The van der Waals surface area contributed by atoms with Crippen LogP contribution in [0.5, 0.6) is 0 Å². The van der Waals surface area contributed by atoms with E-state index in [4.69, 9.17) is 0 Å². The normalized spacial score (nSPS) is 21.1. The smallest absolute Gasteiger partial charge is 0.268 e. The summed E-state index contributed by atoms with van der Waals surface area (Å²) in [5.41, 5.74) is 4.81. The van der Waals surface area contributed by atoms with Crippen molar-refractivity contribution in [3.63, 3.8) is 0 Å². The number of hydrogen-bond donors (Lipinski definition) is 1. The van der Waals surface area contributed by atoms with Gasteiger partial charge in [-0.25, -0.2) is 12.4 Å². The molecule has 0 amide bonds. The first-order valence-electron chi connectivity index (χ1n) is 10.3. The minimum Gasteiger partial charge on any atom is -0.388 e. The molecule has 0 saturated heterocycles. The van der Waals surface area contributed by atoms with E-state index in [-0.39, 0.29) is 16.6 Å². The van der Waals surface area contributed by atoms with Crippen LogP contribution < -0.4 is 0 Å². The molecular formula is C25H27NO4S. The number of allylic oxidation sites excluding steroid dienone is 1. The van der Waals surface area contributed by atoms with Crippen LogP contribution in [-0.4, -0.2) is 23.3 Å². The van der Waals surface area contributed by atoms with Crippen molar-refractivity contribution in [3.05, 3.63) is 77.0 Å². The number of aliphatic hydroxyl groups excluding tert-OH is 1. The van der Waals surface area contributed by atoms with Crippen molar-refractivity contribution in [2.24, 2.45) is 11.8 Å². The average Bonchev–Trinajstić information content (AvgIpc) is 3.05. The van der Waals surface area contributed by atoms with E-state index in [2.05, 4.69) is 6.58 Å². The van der Waals surface area contributed by atoms with Crippen LogP contribution in [0.15, 0.2) is 59.6 Å². The summed E-state index contributed by atoms with van der Waals surface area (Å²) in [6, 6.07) is 10.3. The van der Waals surface area contributed by atoms with Gasteiger partial charge in [0.15, 0.2) is 0 Å². The molecule has 0 radical (unpaired) electrons. The zero-order chi connectivity index (χ0) is 22.7. The number of aliphatic hydroxyl groups is 1. The standard InChI is InChI=1S/C25H27NO4S/c1-14(2)20-12-21-19(25(28)24(20)17(5)27)10-11-22-23(21)16(4)13-26(22)31(29,30)18-8-6-15(3)7-9-18/h6-11,13,20,24-25,28H,1,12H2,2-5H3/t20-,24-,25?/m0/s1. The fraction of sp³-hybridized carbons (Fsp3) is 0.320. The van der Waals surface area contributed by atoms with E-state index >= 15 is 0 Å². The molecule has 1 N–H and O–H groups in total. The maximum atomic E-state index is 13.4. The van der Waals surface area contributed by atoms with Crippen LogP contribution in [0.3, 0.4) is 0 Å². The first kappa shape index (κ1) is 21.5. The number of aromatic nitrogens is 1. The van der Waals surface area contributed by atoms with Crippen molar-refractivity contribution in [1.29, 1.82) is 0 Å². The number of ketones is 1. The van der Waals surface area contributed by atoms with Gasteiger partial charge in [-0.05, 0) is 74.9 Å². The maximum absolute atomic E-state index is 13.4. The molecule has 0 aliphatic heterocycles. The first-order valence-corrected chi connectivity index (χ1v) is 11.8. The van der Waals surface area contributed by atoms with Gasteiger partial charge in [0.2, 0.25) is 0 Å². The van der Waals surface area contributed by atoms with Crippen LogP contribution in [0.4, 0.5) is 0 Å². The summed E-state index contributed by atoms with van der Waals surface area (Å²) in [4.78, 5) is 12.5. The summed E-state index contributed by atoms with van der Waals surface area (Å²) in [5, 5.41) is 11.9. The molecule has 1 aromatic heterocycles. The Morgan fingerprint density at radius 3 is 2.32 bits per heavy atom. The molecular weight excluding hydrogens is 410 g/mol. The third-order valence-electron chi connectivity index (χ3n) is 6.47. The number of nitrogens with zero attached hydrogens (tertiary/aromatic N) is 1. The molecule has 3 atom stereocenters.